The van der Waals surface area contributed by atoms with Gasteiger partial charge in [-0.05, 0) is 37.5 Å². The van der Waals surface area contributed by atoms with Gasteiger partial charge >= 0.3 is 0 Å². The maximum atomic E-state index is 5.58. The van der Waals surface area contributed by atoms with Gasteiger partial charge in [-0.1, -0.05) is 28.1 Å². The van der Waals surface area contributed by atoms with Crippen molar-refractivity contribution < 1.29 is 4.74 Å². The lowest BCUT2D eigenvalue weighted by Crippen LogP contribution is -2.26. The van der Waals surface area contributed by atoms with E-state index in [2.05, 4.69) is 45.5 Å². The van der Waals surface area contributed by atoms with Gasteiger partial charge in [-0.15, -0.1) is 0 Å². The molecule has 0 saturated heterocycles. The Morgan fingerprint density at radius 3 is 2.65 bits per heavy atom. The van der Waals surface area contributed by atoms with Gasteiger partial charge in [-0.2, -0.15) is 0 Å². The van der Waals surface area contributed by atoms with Crippen molar-refractivity contribution in [1.29, 1.82) is 0 Å². The van der Waals surface area contributed by atoms with Crippen LogP contribution in [0.1, 0.15) is 31.2 Å². The molecule has 2 nitrogen and oxygen atoms in total. The first-order chi connectivity index (χ1) is 8.29. The molecule has 1 aliphatic carbocycles. The summed E-state index contributed by atoms with van der Waals surface area (Å²) < 4.78 is 6.71. The van der Waals surface area contributed by atoms with Crippen LogP contribution in [0.2, 0.25) is 0 Å². The first kappa shape index (κ1) is 13.1. The zero-order valence-corrected chi connectivity index (χ0v) is 11.9. The zero-order chi connectivity index (χ0) is 12.1. The molecule has 3 heteroatoms. The fourth-order valence-electron chi connectivity index (χ4n) is 1.86. The van der Waals surface area contributed by atoms with Crippen LogP contribution >= 0.6 is 15.9 Å². The van der Waals surface area contributed by atoms with E-state index in [-0.39, 0.29) is 0 Å². The Morgan fingerprint density at radius 2 is 2.06 bits per heavy atom. The highest BCUT2D eigenvalue weighted by Crippen LogP contribution is 2.22. The highest BCUT2D eigenvalue weighted by atomic mass is 79.9. The standard InChI is InChI=1S/C14H20BrNO/c1-2-17-10-12(9-16-14-7-8-14)11-3-5-13(15)6-4-11/h3-6,12,14,16H,2,7-10H2,1H3. The monoisotopic (exact) mass is 297 g/mol. The Morgan fingerprint density at radius 1 is 1.35 bits per heavy atom. The molecule has 0 spiro atoms. The minimum Gasteiger partial charge on any atom is -0.381 e. The van der Waals surface area contributed by atoms with Crippen molar-refractivity contribution in [2.75, 3.05) is 19.8 Å². The van der Waals surface area contributed by atoms with Crippen molar-refractivity contribution in [1.82, 2.24) is 5.32 Å². The summed E-state index contributed by atoms with van der Waals surface area (Å²) in [5, 5.41) is 3.59. The SMILES string of the molecule is CCOCC(CNC1CC1)c1ccc(Br)cc1. The van der Waals surface area contributed by atoms with Crippen LogP contribution < -0.4 is 5.32 Å². The first-order valence-corrected chi connectivity index (χ1v) is 7.15. The Kier molecular flexibility index (Phi) is 5.01. The second-order valence-corrected chi connectivity index (χ2v) is 5.51. The van der Waals surface area contributed by atoms with Crippen LogP contribution in [0.25, 0.3) is 0 Å². The van der Waals surface area contributed by atoms with Crippen molar-refractivity contribution in [2.24, 2.45) is 0 Å². The third-order valence-corrected chi connectivity index (χ3v) is 3.62. The Hall–Kier alpha value is -0.380. The predicted molar refractivity (Wildman–Crippen MR) is 74.4 cm³/mol. The van der Waals surface area contributed by atoms with E-state index in [0.717, 1.165) is 30.3 Å². The van der Waals surface area contributed by atoms with Gasteiger partial charge in [0, 0.05) is 29.6 Å². The van der Waals surface area contributed by atoms with E-state index in [0.29, 0.717) is 5.92 Å². The summed E-state index contributed by atoms with van der Waals surface area (Å²) in [5.74, 6) is 0.462. The van der Waals surface area contributed by atoms with Gasteiger partial charge in [0.05, 0.1) is 6.61 Å². The molecule has 94 valence electrons. The maximum Gasteiger partial charge on any atom is 0.0546 e. The molecule has 1 saturated carbocycles. The highest BCUT2D eigenvalue weighted by Gasteiger charge is 2.22. The van der Waals surface area contributed by atoms with E-state index in [9.17, 15) is 0 Å². The lowest BCUT2D eigenvalue weighted by Gasteiger charge is -2.18. The second-order valence-electron chi connectivity index (χ2n) is 4.59. The molecule has 0 aliphatic heterocycles. The Labute approximate surface area is 112 Å². The molecule has 0 radical (unpaired) electrons. The van der Waals surface area contributed by atoms with E-state index >= 15 is 0 Å². The van der Waals surface area contributed by atoms with Crippen LogP contribution in [0, 0.1) is 0 Å². The molecule has 1 aromatic rings. The molecule has 0 heterocycles. The Bertz CT molecular complexity index is 335. The molecular formula is C14H20BrNO. The van der Waals surface area contributed by atoms with Gasteiger partial charge in [0.25, 0.3) is 0 Å². The molecule has 1 N–H and O–H groups in total. The van der Waals surface area contributed by atoms with Crippen LogP contribution in [0.5, 0.6) is 0 Å². The minimum atomic E-state index is 0.462. The molecule has 1 aliphatic rings. The van der Waals surface area contributed by atoms with Gasteiger partial charge in [-0.3, -0.25) is 0 Å². The van der Waals surface area contributed by atoms with E-state index < -0.39 is 0 Å². The van der Waals surface area contributed by atoms with Crippen molar-refractivity contribution in [2.45, 2.75) is 31.7 Å². The number of benzene rings is 1. The molecule has 1 atom stereocenters. The van der Waals surface area contributed by atoms with Crippen molar-refractivity contribution in [3.05, 3.63) is 34.3 Å². The normalized spacial score (nSPS) is 17.1. The summed E-state index contributed by atoms with van der Waals surface area (Å²) in [6, 6.07) is 9.33. The van der Waals surface area contributed by atoms with E-state index in [1.165, 1.54) is 18.4 Å². The highest BCUT2D eigenvalue weighted by molar-refractivity contribution is 9.10. The minimum absolute atomic E-state index is 0.462. The number of nitrogens with one attached hydrogen (secondary N) is 1. The number of hydrogen-bond acceptors (Lipinski definition) is 2. The predicted octanol–water partition coefficient (Wildman–Crippen LogP) is 3.32. The molecule has 0 aromatic heterocycles. The molecule has 2 rings (SSSR count). The molecule has 1 aromatic carbocycles. The van der Waals surface area contributed by atoms with Gasteiger partial charge in [0.1, 0.15) is 0 Å². The summed E-state index contributed by atoms with van der Waals surface area (Å²) >= 11 is 3.47. The van der Waals surface area contributed by atoms with Crippen LogP contribution in [-0.2, 0) is 4.74 Å². The summed E-state index contributed by atoms with van der Waals surface area (Å²) in [5.41, 5.74) is 1.36. The van der Waals surface area contributed by atoms with Crippen molar-refractivity contribution >= 4 is 15.9 Å². The zero-order valence-electron chi connectivity index (χ0n) is 10.3. The maximum absolute atomic E-state index is 5.58. The number of ether oxygens (including phenoxy) is 1. The molecule has 1 unspecified atom stereocenters. The largest absolute Gasteiger partial charge is 0.381 e. The summed E-state index contributed by atoms with van der Waals surface area (Å²) in [6.45, 7) is 4.66. The van der Waals surface area contributed by atoms with E-state index in [1.807, 2.05) is 6.92 Å². The quantitative estimate of drug-likeness (QED) is 0.834. The van der Waals surface area contributed by atoms with E-state index in [1.54, 1.807) is 0 Å². The third-order valence-electron chi connectivity index (χ3n) is 3.09. The third kappa shape index (κ3) is 4.41. The van der Waals surface area contributed by atoms with Gasteiger partial charge in [0.15, 0.2) is 0 Å². The van der Waals surface area contributed by atoms with Gasteiger partial charge in [-0.25, -0.2) is 0 Å². The summed E-state index contributed by atoms with van der Waals surface area (Å²) in [6.07, 6.45) is 2.67. The summed E-state index contributed by atoms with van der Waals surface area (Å²) in [7, 11) is 0. The lowest BCUT2D eigenvalue weighted by molar-refractivity contribution is 0.131. The first-order valence-electron chi connectivity index (χ1n) is 6.36. The molecule has 17 heavy (non-hydrogen) atoms. The molecule has 0 bridgehead atoms. The average molecular weight is 298 g/mol. The van der Waals surface area contributed by atoms with Crippen LogP contribution in [-0.4, -0.2) is 25.8 Å². The van der Waals surface area contributed by atoms with Crippen LogP contribution in [0.15, 0.2) is 28.7 Å². The topological polar surface area (TPSA) is 21.3 Å². The van der Waals surface area contributed by atoms with Crippen molar-refractivity contribution in [3.8, 4) is 0 Å². The molecule has 0 amide bonds. The number of rotatable bonds is 7. The van der Waals surface area contributed by atoms with Crippen LogP contribution in [0.4, 0.5) is 0 Å². The van der Waals surface area contributed by atoms with Gasteiger partial charge < -0.3 is 10.1 Å². The fourth-order valence-corrected chi connectivity index (χ4v) is 2.13. The van der Waals surface area contributed by atoms with Crippen LogP contribution in [0.3, 0.4) is 0 Å². The average Bonchev–Trinajstić information content (AvgIpc) is 3.15. The molecular weight excluding hydrogens is 278 g/mol. The number of halogens is 1. The van der Waals surface area contributed by atoms with Crippen molar-refractivity contribution in [3.63, 3.8) is 0 Å². The second kappa shape index (κ2) is 6.53. The van der Waals surface area contributed by atoms with E-state index in [4.69, 9.17) is 4.74 Å². The summed E-state index contributed by atoms with van der Waals surface area (Å²) in [4.78, 5) is 0. The van der Waals surface area contributed by atoms with Gasteiger partial charge in [0.2, 0.25) is 0 Å². The lowest BCUT2D eigenvalue weighted by atomic mass is 10.00. The Balaban J connectivity index is 1.93. The number of hydrogen-bond donors (Lipinski definition) is 1. The smallest absolute Gasteiger partial charge is 0.0546 e. The molecule has 1 fully saturated rings. The fraction of sp³-hybridized carbons (Fsp3) is 0.571.